The van der Waals surface area contributed by atoms with Crippen molar-refractivity contribution in [1.82, 2.24) is 19.8 Å². The first kappa shape index (κ1) is 13.3. The van der Waals surface area contributed by atoms with Crippen molar-refractivity contribution >= 4 is 11.5 Å². The molecule has 102 valence electrons. The Bertz CT molecular complexity index is 588. The summed E-state index contributed by atoms with van der Waals surface area (Å²) in [6.07, 6.45) is -1.11. The highest BCUT2D eigenvalue weighted by atomic mass is 19.4. The molecule has 0 radical (unpaired) electrons. The molecule has 2 aromatic rings. The molecule has 0 spiro atoms. The van der Waals surface area contributed by atoms with Crippen LogP contribution in [-0.2, 0) is 6.18 Å². The highest BCUT2D eigenvalue weighted by molar-refractivity contribution is 5.44. The second-order valence-corrected chi connectivity index (χ2v) is 3.60. The molecular formula is C10H11F3N6. The normalized spacial score (nSPS) is 12.4. The largest absolute Gasteiger partial charge is 0.453 e. The van der Waals surface area contributed by atoms with Gasteiger partial charge >= 0.3 is 6.18 Å². The molecule has 6 nitrogen and oxygen atoms in total. The fraction of sp³-hybridized carbons (Fsp3) is 0.300. The third-order valence-corrected chi connectivity index (χ3v) is 2.22. The zero-order valence-electron chi connectivity index (χ0n) is 9.72. The predicted octanol–water partition coefficient (Wildman–Crippen LogP) is 1.07. The Morgan fingerprint density at radius 1 is 1.26 bits per heavy atom. The Morgan fingerprint density at radius 3 is 2.74 bits per heavy atom. The van der Waals surface area contributed by atoms with Crippen molar-refractivity contribution in [1.29, 1.82) is 0 Å². The van der Waals surface area contributed by atoms with Gasteiger partial charge in [0.05, 0.1) is 0 Å². The molecule has 3 N–H and O–H groups in total. The molecule has 0 aromatic carbocycles. The summed E-state index contributed by atoms with van der Waals surface area (Å²) in [4.78, 5) is 0. The lowest BCUT2D eigenvalue weighted by Crippen LogP contribution is -2.13. The highest BCUT2D eigenvalue weighted by Crippen LogP contribution is 2.27. The molecule has 0 unspecified atom stereocenters. The van der Waals surface area contributed by atoms with Crippen molar-refractivity contribution in [3.8, 4) is 0 Å². The minimum Gasteiger partial charge on any atom is -0.365 e. The van der Waals surface area contributed by atoms with E-state index in [0.29, 0.717) is 23.4 Å². The van der Waals surface area contributed by atoms with Gasteiger partial charge in [-0.2, -0.15) is 17.7 Å². The average molecular weight is 272 g/mol. The molecule has 0 atom stereocenters. The van der Waals surface area contributed by atoms with Gasteiger partial charge in [0.25, 0.3) is 5.82 Å². The first-order valence-electron chi connectivity index (χ1n) is 5.41. The van der Waals surface area contributed by atoms with Gasteiger partial charge in [0.2, 0.25) is 0 Å². The van der Waals surface area contributed by atoms with Gasteiger partial charge in [-0.15, -0.1) is 15.3 Å². The van der Waals surface area contributed by atoms with Crippen molar-refractivity contribution in [2.75, 3.05) is 18.4 Å². The van der Waals surface area contributed by atoms with Gasteiger partial charge in [-0.1, -0.05) is 12.2 Å². The van der Waals surface area contributed by atoms with Crippen LogP contribution in [0.1, 0.15) is 5.82 Å². The molecule has 0 fully saturated rings. The molecule has 0 saturated carbocycles. The number of hydrogen-bond donors (Lipinski definition) is 2. The van der Waals surface area contributed by atoms with Gasteiger partial charge in [-0.3, -0.25) is 0 Å². The average Bonchev–Trinajstić information content (AvgIpc) is 2.77. The maximum absolute atomic E-state index is 12.6. The fourth-order valence-corrected chi connectivity index (χ4v) is 1.40. The molecule has 0 aliphatic carbocycles. The van der Waals surface area contributed by atoms with Crippen LogP contribution in [-0.4, -0.2) is 32.9 Å². The molecule has 2 aromatic heterocycles. The third-order valence-electron chi connectivity index (χ3n) is 2.22. The lowest BCUT2D eigenvalue weighted by atomic mass is 10.4. The molecule has 2 heterocycles. The molecule has 0 amide bonds. The number of alkyl halides is 3. The monoisotopic (exact) mass is 272 g/mol. The fourth-order valence-electron chi connectivity index (χ4n) is 1.40. The Morgan fingerprint density at radius 2 is 2.05 bits per heavy atom. The zero-order chi connectivity index (χ0) is 13.9. The topological polar surface area (TPSA) is 81.1 Å². The number of anilines is 1. The van der Waals surface area contributed by atoms with Crippen LogP contribution >= 0.6 is 0 Å². The van der Waals surface area contributed by atoms with Crippen LogP contribution in [0.3, 0.4) is 0 Å². The van der Waals surface area contributed by atoms with E-state index in [0.717, 1.165) is 0 Å². The van der Waals surface area contributed by atoms with Gasteiger partial charge in [-0.05, 0) is 12.1 Å². The van der Waals surface area contributed by atoms with Gasteiger partial charge in [-0.25, -0.2) is 0 Å². The van der Waals surface area contributed by atoms with E-state index in [1.54, 1.807) is 12.2 Å². The number of aromatic nitrogens is 4. The van der Waals surface area contributed by atoms with E-state index in [2.05, 4.69) is 20.6 Å². The molecule has 9 heteroatoms. The quantitative estimate of drug-likeness (QED) is 0.814. The Balaban J connectivity index is 2.26. The molecule has 0 bridgehead atoms. The summed E-state index contributed by atoms with van der Waals surface area (Å²) in [5, 5.41) is 13.1. The zero-order valence-corrected chi connectivity index (χ0v) is 9.72. The summed E-state index contributed by atoms with van der Waals surface area (Å²) in [6, 6.07) is 2.94. The van der Waals surface area contributed by atoms with Crippen LogP contribution in [0.2, 0.25) is 0 Å². The smallest absolute Gasteiger partial charge is 0.365 e. The highest BCUT2D eigenvalue weighted by Gasteiger charge is 2.37. The van der Waals surface area contributed by atoms with Gasteiger partial charge in [0.15, 0.2) is 5.65 Å². The maximum atomic E-state index is 12.6. The van der Waals surface area contributed by atoms with Gasteiger partial charge in [0.1, 0.15) is 5.82 Å². The molecule has 2 rings (SSSR count). The Kier molecular flexibility index (Phi) is 3.65. The summed E-state index contributed by atoms with van der Waals surface area (Å²) in [7, 11) is 0. The lowest BCUT2D eigenvalue weighted by molar-refractivity contribution is -0.146. The van der Waals surface area contributed by atoms with Crippen molar-refractivity contribution in [3.63, 3.8) is 0 Å². The van der Waals surface area contributed by atoms with Crippen molar-refractivity contribution < 1.29 is 13.2 Å². The number of fused-ring (bicyclic) bond motifs is 1. The van der Waals surface area contributed by atoms with Crippen molar-refractivity contribution in [2.45, 2.75) is 6.18 Å². The number of rotatable bonds is 4. The Labute approximate surface area is 106 Å². The summed E-state index contributed by atoms with van der Waals surface area (Å²) < 4.78 is 38.5. The number of nitrogens with two attached hydrogens (primary N) is 1. The van der Waals surface area contributed by atoms with Crippen LogP contribution in [0.4, 0.5) is 19.0 Å². The van der Waals surface area contributed by atoms with Crippen LogP contribution in [0.5, 0.6) is 0 Å². The number of nitrogens with one attached hydrogen (secondary N) is 1. The number of hydrogen-bond acceptors (Lipinski definition) is 5. The lowest BCUT2D eigenvalue weighted by Gasteiger charge is -2.05. The van der Waals surface area contributed by atoms with E-state index in [4.69, 9.17) is 5.73 Å². The minimum atomic E-state index is -4.59. The van der Waals surface area contributed by atoms with Crippen molar-refractivity contribution in [2.24, 2.45) is 5.73 Å². The van der Waals surface area contributed by atoms with Gasteiger partial charge < -0.3 is 11.1 Å². The summed E-state index contributed by atoms with van der Waals surface area (Å²) >= 11 is 0. The van der Waals surface area contributed by atoms with Crippen molar-refractivity contribution in [3.05, 3.63) is 30.1 Å². The third kappa shape index (κ3) is 2.99. The van der Waals surface area contributed by atoms with E-state index in [-0.39, 0.29) is 5.65 Å². The van der Waals surface area contributed by atoms with E-state index in [1.165, 1.54) is 12.1 Å². The van der Waals surface area contributed by atoms with Crippen LogP contribution < -0.4 is 11.1 Å². The predicted molar refractivity (Wildman–Crippen MR) is 62.5 cm³/mol. The molecular weight excluding hydrogens is 261 g/mol. The SMILES string of the molecule is NC/C=C/CNc1ccc2nnc(C(F)(F)F)n2n1. The molecule has 0 aliphatic heterocycles. The van der Waals surface area contributed by atoms with Crippen LogP contribution in [0.25, 0.3) is 5.65 Å². The van der Waals surface area contributed by atoms with E-state index in [9.17, 15) is 13.2 Å². The van der Waals surface area contributed by atoms with Gasteiger partial charge in [0, 0.05) is 13.1 Å². The number of nitrogens with zero attached hydrogens (tertiary/aromatic N) is 4. The van der Waals surface area contributed by atoms with Crippen LogP contribution in [0, 0.1) is 0 Å². The minimum absolute atomic E-state index is 0.0374. The van der Waals surface area contributed by atoms with Crippen LogP contribution in [0.15, 0.2) is 24.3 Å². The maximum Gasteiger partial charge on any atom is 0.453 e. The molecule has 0 aliphatic rings. The Hall–Kier alpha value is -2.16. The number of halogens is 3. The first-order chi connectivity index (χ1) is 9.02. The second kappa shape index (κ2) is 5.22. The summed E-state index contributed by atoms with van der Waals surface area (Å²) in [6.45, 7) is 0.816. The first-order valence-corrected chi connectivity index (χ1v) is 5.41. The summed E-state index contributed by atoms with van der Waals surface area (Å²) in [5.74, 6) is -0.858. The second-order valence-electron chi connectivity index (χ2n) is 3.60. The standard InChI is InChI=1S/C10H11F3N6/c11-10(12,13)9-17-16-8-4-3-7(18-19(8)9)15-6-2-1-5-14/h1-4H,5-6,14H2,(H,15,18)/b2-1+. The van der Waals surface area contributed by atoms with E-state index >= 15 is 0 Å². The van der Waals surface area contributed by atoms with E-state index < -0.39 is 12.0 Å². The van der Waals surface area contributed by atoms with E-state index in [1.807, 2.05) is 0 Å². The molecule has 19 heavy (non-hydrogen) atoms. The molecule has 0 saturated heterocycles. The summed E-state index contributed by atoms with van der Waals surface area (Å²) in [5.41, 5.74) is 5.30.